The monoisotopic (exact) mass is 234 g/mol. The molecule has 0 saturated carbocycles. The SMILES string of the molecule is [C-]#[N+]c1cc2cccnc2cc1-c1ccnn1C. The third-order valence-corrected chi connectivity index (χ3v) is 2.94. The number of benzene rings is 1. The van der Waals surface area contributed by atoms with Crippen LogP contribution in [-0.4, -0.2) is 14.8 Å². The molecule has 0 amide bonds. The lowest BCUT2D eigenvalue weighted by atomic mass is 10.1. The molecule has 0 bridgehead atoms. The van der Waals surface area contributed by atoms with Crippen LogP contribution < -0.4 is 0 Å². The minimum atomic E-state index is 0.624. The van der Waals surface area contributed by atoms with Gasteiger partial charge in [-0.15, -0.1) is 0 Å². The van der Waals surface area contributed by atoms with Gasteiger partial charge in [0.05, 0.1) is 17.8 Å². The van der Waals surface area contributed by atoms with E-state index in [2.05, 4.69) is 14.9 Å². The van der Waals surface area contributed by atoms with Gasteiger partial charge < -0.3 is 0 Å². The molecule has 0 spiro atoms. The van der Waals surface area contributed by atoms with Gasteiger partial charge in [-0.1, -0.05) is 6.07 Å². The Labute approximate surface area is 104 Å². The first-order valence-corrected chi connectivity index (χ1v) is 5.54. The number of aromatic nitrogens is 3. The molecule has 86 valence electrons. The molecular formula is C14H10N4. The molecule has 3 aromatic rings. The number of pyridine rings is 1. The largest absolute Gasteiger partial charge is 0.269 e. The van der Waals surface area contributed by atoms with E-state index in [1.54, 1.807) is 17.1 Å². The molecule has 0 aliphatic heterocycles. The highest BCUT2D eigenvalue weighted by Gasteiger charge is 2.10. The van der Waals surface area contributed by atoms with Crippen LogP contribution in [0.4, 0.5) is 5.69 Å². The van der Waals surface area contributed by atoms with E-state index in [1.165, 1.54) is 0 Å². The van der Waals surface area contributed by atoms with Crippen molar-refractivity contribution in [1.29, 1.82) is 0 Å². The molecule has 3 rings (SSSR count). The van der Waals surface area contributed by atoms with Gasteiger partial charge in [0.1, 0.15) is 0 Å². The summed E-state index contributed by atoms with van der Waals surface area (Å²) in [6.45, 7) is 7.31. The van der Waals surface area contributed by atoms with Crippen LogP contribution in [0, 0.1) is 6.57 Å². The standard InChI is InChI=1S/C14H10N4/c1-15-13-8-10-4-3-6-16-12(10)9-11(13)14-5-7-17-18(14)2/h3-9H,2H3. The minimum absolute atomic E-state index is 0.624. The Morgan fingerprint density at radius 2 is 2.11 bits per heavy atom. The summed E-state index contributed by atoms with van der Waals surface area (Å²) in [6, 6.07) is 9.56. The number of aryl methyl sites for hydroxylation is 1. The van der Waals surface area contributed by atoms with Gasteiger partial charge in [-0.05, 0) is 29.7 Å². The molecule has 0 N–H and O–H groups in total. The van der Waals surface area contributed by atoms with Crippen molar-refractivity contribution in [2.24, 2.45) is 7.05 Å². The maximum absolute atomic E-state index is 7.31. The first kappa shape index (κ1) is 10.5. The van der Waals surface area contributed by atoms with Crippen molar-refractivity contribution < 1.29 is 0 Å². The van der Waals surface area contributed by atoms with E-state index in [0.717, 1.165) is 22.2 Å². The number of fused-ring (bicyclic) bond motifs is 1. The van der Waals surface area contributed by atoms with Gasteiger partial charge in [-0.25, -0.2) is 4.85 Å². The highest BCUT2D eigenvalue weighted by molar-refractivity contribution is 5.91. The topological polar surface area (TPSA) is 35.1 Å². The average molecular weight is 234 g/mol. The lowest BCUT2D eigenvalue weighted by Gasteiger charge is -2.06. The molecule has 0 unspecified atom stereocenters. The van der Waals surface area contributed by atoms with Gasteiger partial charge in [0.15, 0.2) is 5.69 Å². The molecule has 4 heteroatoms. The zero-order valence-corrected chi connectivity index (χ0v) is 9.83. The van der Waals surface area contributed by atoms with Crippen LogP contribution in [0.15, 0.2) is 42.7 Å². The number of hydrogen-bond donors (Lipinski definition) is 0. The lowest BCUT2D eigenvalue weighted by molar-refractivity contribution is 0.776. The smallest absolute Gasteiger partial charge is 0.197 e. The molecule has 0 radical (unpaired) electrons. The zero-order chi connectivity index (χ0) is 12.5. The maximum atomic E-state index is 7.31. The second kappa shape index (κ2) is 3.97. The molecule has 4 nitrogen and oxygen atoms in total. The van der Waals surface area contributed by atoms with Crippen molar-refractivity contribution in [3.63, 3.8) is 0 Å². The van der Waals surface area contributed by atoms with Gasteiger partial charge in [0, 0.05) is 25.0 Å². The van der Waals surface area contributed by atoms with Gasteiger partial charge in [-0.3, -0.25) is 9.67 Å². The molecule has 18 heavy (non-hydrogen) atoms. The van der Waals surface area contributed by atoms with E-state index in [4.69, 9.17) is 6.57 Å². The van der Waals surface area contributed by atoms with Crippen LogP contribution in [0.25, 0.3) is 27.0 Å². The van der Waals surface area contributed by atoms with Crippen molar-refractivity contribution in [3.8, 4) is 11.3 Å². The molecule has 0 saturated heterocycles. The van der Waals surface area contributed by atoms with Crippen LogP contribution in [0.2, 0.25) is 0 Å². The Kier molecular flexibility index (Phi) is 2.31. The van der Waals surface area contributed by atoms with Crippen molar-refractivity contribution >= 4 is 16.6 Å². The van der Waals surface area contributed by atoms with Crippen molar-refractivity contribution in [1.82, 2.24) is 14.8 Å². The highest BCUT2D eigenvalue weighted by Crippen LogP contribution is 2.33. The molecule has 0 atom stereocenters. The normalized spacial score (nSPS) is 10.4. The summed E-state index contributed by atoms with van der Waals surface area (Å²) < 4.78 is 1.76. The van der Waals surface area contributed by atoms with Crippen molar-refractivity contribution in [2.45, 2.75) is 0 Å². The van der Waals surface area contributed by atoms with Crippen molar-refractivity contribution in [2.75, 3.05) is 0 Å². The van der Waals surface area contributed by atoms with E-state index in [9.17, 15) is 0 Å². The van der Waals surface area contributed by atoms with Gasteiger partial charge in [-0.2, -0.15) is 5.10 Å². The van der Waals surface area contributed by atoms with Gasteiger partial charge in [0.25, 0.3) is 0 Å². The van der Waals surface area contributed by atoms with Crippen LogP contribution >= 0.6 is 0 Å². The van der Waals surface area contributed by atoms with Crippen LogP contribution in [-0.2, 0) is 7.05 Å². The third kappa shape index (κ3) is 1.54. The van der Waals surface area contributed by atoms with Gasteiger partial charge >= 0.3 is 0 Å². The Morgan fingerprint density at radius 1 is 1.22 bits per heavy atom. The van der Waals surface area contributed by atoms with E-state index in [1.807, 2.05) is 37.4 Å². The number of nitrogens with zero attached hydrogens (tertiary/aromatic N) is 4. The Balaban J connectivity index is 2.35. The summed E-state index contributed by atoms with van der Waals surface area (Å²) in [6.07, 6.45) is 3.48. The molecule has 0 aliphatic rings. The molecule has 2 heterocycles. The van der Waals surface area contributed by atoms with Crippen LogP contribution in [0.5, 0.6) is 0 Å². The second-order valence-corrected chi connectivity index (χ2v) is 4.02. The fourth-order valence-electron chi connectivity index (χ4n) is 2.04. The lowest BCUT2D eigenvalue weighted by Crippen LogP contribution is -1.93. The summed E-state index contributed by atoms with van der Waals surface area (Å²) in [5.41, 5.74) is 3.31. The summed E-state index contributed by atoms with van der Waals surface area (Å²) in [4.78, 5) is 7.92. The predicted octanol–water partition coefficient (Wildman–Crippen LogP) is 3.19. The zero-order valence-electron chi connectivity index (χ0n) is 9.83. The summed E-state index contributed by atoms with van der Waals surface area (Å²) in [5, 5.41) is 5.12. The van der Waals surface area contributed by atoms with Crippen LogP contribution in [0.1, 0.15) is 0 Å². The molecule has 0 fully saturated rings. The molecule has 2 aromatic heterocycles. The third-order valence-electron chi connectivity index (χ3n) is 2.94. The Hall–Kier alpha value is -2.67. The summed E-state index contributed by atoms with van der Waals surface area (Å²) in [5.74, 6) is 0. The Morgan fingerprint density at radius 3 is 2.83 bits per heavy atom. The Bertz CT molecular complexity index is 765. The average Bonchev–Trinajstić information content (AvgIpc) is 2.83. The molecule has 0 aliphatic carbocycles. The fourth-order valence-corrected chi connectivity index (χ4v) is 2.04. The van der Waals surface area contributed by atoms with E-state index < -0.39 is 0 Å². The minimum Gasteiger partial charge on any atom is -0.269 e. The molecular weight excluding hydrogens is 224 g/mol. The predicted molar refractivity (Wildman–Crippen MR) is 70.2 cm³/mol. The number of hydrogen-bond acceptors (Lipinski definition) is 2. The van der Waals surface area contributed by atoms with E-state index in [-0.39, 0.29) is 0 Å². The highest BCUT2D eigenvalue weighted by atomic mass is 15.3. The fraction of sp³-hybridized carbons (Fsp3) is 0.0714. The van der Waals surface area contributed by atoms with E-state index in [0.29, 0.717) is 5.69 Å². The summed E-state index contributed by atoms with van der Waals surface area (Å²) >= 11 is 0. The molecule has 1 aromatic carbocycles. The maximum Gasteiger partial charge on any atom is 0.197 e. The first-order chi connectivity index (χ1) is 8.79. The second-order valence-electron chi connectivity index (χ2n) is 4.02. The van der Waals surface area contributed by atoms with Crippen molar-refractivity contribution in [3.05, 3.63) is 54.1 Å². The first-order valence-electron chi connectivity index (χ1n) is 5.54. The quantitative estimate of drug-likeness (QED) is 0.606. The summed E-state index contributed by atoms with van der Waals surface area (Å²) in [7, 11) is 1.87. The van der Waals surface area contributed by atoms with Gasteiger partial charge in [0.2, 0.25) is 0 Å². The van der Waals surface area contributed by atoms with E-state index >= 15 is 0 Å². The van der Waals surface area contributed by atoms with Crippen LogP contribution in [0.3, 0.4) is 0 Å². The number of rotatable bonds is 1.